The molecule has 1 N–H and O–H groups in total. The maximum atomic E-state index is 12.1. The van der Waals surface area contributed by atoms with Crippen LogP contribution in [-0.4, -0.2) is 40.7 Å². The summed E-state index contributed by atoms with van der Waals surface area (Å²) in [7, 11) is 0. The van der Waals surface area contributed by atoms with Crippen LogP contribution >= 0.6 is 11.3 Å². The number of nitrogens with zero attached hydrogens (tertiary/aromatic N) is 3. The molecule has 0 aliphatic carbocycles. The minimum absolute atomic E-state index is 0.206. The van der Waals surface area contributed by atoms with Crippen LogP contribution in [0, 0.1) is 0 Å². The van der Waals surface area contributed by atoms with Crippen LogP contribution in [-0.2, 0) is 11.3 Å². The highest BCUT2D eigenvalue weighted by Crippen LogP contribution is 2.19. The van der Waals surface area contributed by atoms with E-state index in [0.717, 1.165) is 42.4 Å². The van der Waals surface area contributed by atoms with Crippen LogP contribution in [0.1, 0.15) is 43.2 Å². The van der Waals surface area contributed by atoms with Crippen molar-refractivity contribution in [3.8, 4) is 5.75 Å². The van der Waals surface area contributed by atoms with E-state index < -0.39 is 0 Å². The van der Waals surface area contributed by atoms with Crippen molar-refractivity contribution in [2.45, 2.75) is 39.2 Å². The molecule has 0 saturated carbocycles. The van der Waals surface area contributed by atoms with Crippen molar-refractivity contribution in [2.24, 2.45) is 0 Å². The lowest BCUT2D eigenvalue weighted by Crippen LogP contribution is -2.28. The van der Waals surface area contributed by atoms with Crippen LogP contribution in [0.15, 0.2) is 30.3 Å². The molecule has 0 bridgehead atoms. The molecular weight excluding hydrogens is 360 g/mol. The fraction of sp³-hybridized carbons (Fsp3) is 0.450. The van der Waals surface area contributed by atoms with Gasteiger partial charge in [0.25, 0.3) is 0 Å². The standard InChI is InChI=1S/C20H26N4O2S/c1-2-14-26-17-9-6-16(7-10-17)8-11-18(25)21-20-23-22-19(27-20)15-24-12-4-3-5-13-24/h6-11H,2-5,12-15H2,1H3,(H,21,23,25)/b11-8+. The molecule has 2 heterocycles. The quantitative estimate of drug-likeness (QED) is 0.696. The van der Waals surface area contributed by atoms with E-state index in [2.05, 4.69) is 27.3 Å². The maximum Gasteiger partial charge on any atom is 0.250 e. The van der Waals surface area contributed by atoms with E-state index >= 15 is 0 Å². The Morgan fingerprint density at radius 3 is 2.74 bits per heavy atom. The summed E-state index contributed by atoms with van der Waals surface area (Å²) in [6.07, 6.45) is 8.07. The van der Waals surface area contributed by atoms with Crippen molar-refractivity contribution in [3.05, 3.63) is 40.9 Å². The summed E-state index contributed by atoms with van der Waals surface area (Å²) in [5.41, 5.74) is 0.942. The second-order valence-corrected chi connectivity index (χ2v) is 7.64. The highest BCUT2D eigenvalue weighted by Gasteiger charge is 2.13. The number of carbonyl (C=O) groups is 1. The van der Waals surface area contributed by atoms with Gasteiger partial charge in [0.15, 0.2) is 0 Å². The smallest absolute Gasteiger partial charge is 0.250 e. The number of hydrogen-bond acceptors (Lipinski definition) is 6. The molecule has 1 amide bonds. The molecule has 3 rings (SSSR count). The van der Waals surface area contributed by atoms with Gasteiger partial charge in [0.1, 0.15) is 10.8 Å². The first-order valence-electron chi connectivity index (χ1n) is 9.49. The number of anilines is 1. The van der Waals surface area contributed by atoms with Crippen molar-refractivity contribution in [2.75, 3.05) is 25.0 Å². The molecule has 0 spiro atoms. The Balaban J connectivity index is 1.47. The van der Waals surface area contributed by atoms with Crippen LogP contribution in [0.3, 0.4) is 0 Å². The average molecular weight is 387 g/mol. The molecular formula is C20H26N4O2S. The van der Waals surface area contributed by atoms with Gasteiger partial charge in [0.05, 0.1) is 13.2 Å². The summed E-state index contributed by atoms with van der Waals surface area (Å²) in [6.45, 7) is 5.83. The predicted molar refractivity (Wildman–Crippen MR) is 109 cm³/mol. The Morgan fingerprint density at radius 1 is 1.22 bits per heavy atom. The van der Waals surface area contributed by atoms with Crippen molar-refractivity contribution >= 4 is 28.5 Å². The summed E-state index contributed by atoms with van der Waals surface area (Å²) in [6, 6.07) is 7.67. The van der Waals surface area contributed by atoms with E-state index in [-0.39, 0.29) is 5.91 Å². The first-order valence-corrected chi connectivity index (χ1v) is 10.3. The summed E-state index contributed by atoms with van der Waals surface area (Å²) in [5, 5.41) is 12.5. The van der Waals surface area contributed by atoms with E-state index in [4.69, 9.17) is 4.74 Å². The van der Waals surface area contributed by atoms with E-state index in [1.165, 1.54) is 36.7 Å². The minimum atomic E-state index is -0.206. The molecule has 1 aromatic carbocycles. The third-order valence-corrected chi connectivity index (χ3v) is 5.11. The lowest BCUT2D eigenvalue weighted by molar-refractivity contribution is -0.111. The molecule has 1 saturated heterocycles. The molecule has 2 aromatic rings. The van der Waals surface area contributed by atoms with E-state index in [1.54, 1.807) is 6.08 Å². The second kappa shape index (κ2) is 10.2. The Bertz CT molecular complexity index is 752. The van der Waals surface area contributed by atoms with Crippen molar-refractivity contribution in [1.82, 2.24) is 15.1 Å². The zero-order chi connectivity index (χ0) is 18.9. The first kappa shape index (κ1) is 19.5. The number of aromatic nitrogens is 2. The lowest BCUT2D eigenvalue weighted by Gasteiger charge is -2.24. The van der Waals surface area contributed by atoms with E-state index in [9.17, 15) is 4.79 Å². The van der Waals surface area contributed by atoms with Gasteiger partial charge < -0.3 is 4.74 Å². The average Bonchev–Trinajstić information content (AvgIpc) is 3.13. The van der Waals surface area contributed by atoms with Gasteiger partial charge in [-0.3, -0.25) is 15.0 Å². The molecule has 6 nitrogen and oxygen atoms in total. The number of benzene rings is 1. The van der Waals surface area contributed by atoms with Gasteiger partial charge >= 0.3 is 0 Å². The Kier molecular flexibility index (Phi) is 7.36. The zero-order valence-corrected chi connectivity index (χ0v) is 16.5. The Morgan fingerprint density at radius 2 is 2.00 bits per heavy atom. The molecule has 1 aliphatic heterocycles. The van der Waals surface area contributed by atoms with Crippen molar-refractivity contribution < 1.29 is 9.53 Å². The van der Waals surface area contributed by atoms with Crippen LogP contribution in [0.4, 0.5) is 5.13 Å². The van der Waals surface area contributed by atoms with Crippen molar-refractivity contribution in [3.63, 3.8) is 0 Å². The van der Waals surface area contributed by atoms with Crippen LogP contribution in [0.2, 0.25) is 0 Å². The predicted octanol–water partition coefficient (Wildman–Crippen LogP) is 3.96. The molecule has 0 unspecified atom stereocenters. The van der Waals surface area contributed by atoms with Crippen molar-refractivity contribution in [1.29, 1.82) is 0 Å². The number of likely N-dealkylation sites (tertiary alicyclic amines) is 1. The Labute approximate surface area is 164 Å². The van der Waals surface area contributed by atoms with Gasteiger partial charge in [0, 0.05) is 6.08 Å². The van der Waals surface area contributed by atoms with Gasteiger partial charge in [-0.25, -0.2) is 0 Å². The number of piperidine rings is 1. The molecule has 7 heteroatoms. The Hall–Kier alpha value is -2.25. The summed E-state index contributed by atoms with van der Waals surface area (Å²) < 4.78 is 5.55. The van der Waals surface area contributed by atoms with E-state index in [1.807, 2.05) is 24.3 Å². The van der Waals surface area contributed by atoms with Crippen LogP contribution in [0.5, 0.6) is 5.75 Å². The lowest BCUT2D eigenvalue weighted by atomic mass is 10.1. The largest absolute Gasteiger partial charge is 0.494 e. The van der Waals surface area contributed by atoms with Gasteiger partial charge in [0.2, 0.25) is 11.0 Å². The fourth-order valence-corrected chi connectivity index (χ4v) is 3.68. The second-order valence-electron chi connectivity index (χ2n) is 6.58. The molecule has 1 aromatic heterocycles. The number of carbonyl (C=O) groups excluding carboxylic acids is 1. The third-order valence-electron chi connectivity index (χ3n) is 4.28. The van der Waals surface area contributed by atoms with Gasteiger partial charge in [-0.1, -0.05) is 36.8 Å². The number of amides is 1. The molecule has 0 atom stereocenters. The monoisotopic (exact) mass is 386 g/mol. The number of nitrogens with one attached hydrogen (secondary N) is 1. The number of ether oxygens (including phenoxy) is 1. The minimum Gasteiger partial charge on any atom is -0.494 e. The molecule has 27 heavy (non-hydrogen) atoms. The van der Waals surface area contributed by atoms with Crippen LogP contribution < -0.4 is 10.1 Å². The normalized spacial score (nSPS) is 15.1. The number of rotatable bonds is 8. The summed E-state index contributed by atoms with van der Waals surface area (Å²) in [4.78, 5) is 14.5. The van der Waals surface area contributed by atoms with Gasteiger partial charge in [-0.05, 0) is 56.1 Å². The van der Waals surface area contributed by atoms with E-state index in [0.29, 0.717) is 11.7 Å². The van der Waals surface area contributed by atoms with Crippen LogP contribution in [0.25, 0.3) is 6.08 Å². The summed E-state index contributed by atoms with van der Waals surface area (Å²) in [5.74, 6) is 0.635. The highest BCUT2D eigenvalue weighted by atomic mass is 32.1. The first-order chi connectivity index (χ1) is 13.2. The molecule has 1 aliphatic rings. The molecule has 0 radical (unpaired) electrons. The molecule has 1 fully saturated rings. The summed E-state index contributed by atoms with van der Waals surface area (Å²) >= 11 is 1.44. The number of hydrogen-bond donors (Lipinski definition) is 1. The SMILES string of the molecule is CCCOc1ccc(/C=C/C(=O)Nc2nnc(CN3CCCCC3)s2)cc1. The highest BCUT2D eigenvalue weighted by molar-refractivity contribution is 7.15. The zero-order valence-electron chi connectivity index (χ0n) is 15.7. The third kappa shape index (κ3) is 6.45. The van der Waals surface area contributed by atoms with Gasteiger partial charge in [-0.2, -0.15) is 0 Å². The molecule has 144 valence electrons. The van der Waals surface area contributed by atoms with Gasteiger partial charge in [-0.15, -0.1) is 10.2 Å². The topological polar surface area (TPSA) is 67.3 Å². The fourth-order valence-electron chi connectivity index (χ4n) is 2.89. The maximum absolute atomic E-state index is 12.1.